The number of rotatable bonds is 5. The van der Waals surface area contributed by atoms with Gasteiger partial charge in [-0.15, -0.1) is 0 Å². The van der Waals surface area contributed by atoms with Crippen LogP contribution in [0.4, 0.5) is 5.82 Å². The lowest BCUT2D eigenvalue weighted by molar-refractivity contribution is 0.411. The van der Waals surface area contributed by atoms with E-state index >= 15 is 0 Å². The molecule has 0 fully saturated rings. The van der Waals surface area contributed by atoms with E-state index in [-0.39, 0.29) is 0 Å². The molecule has 1 N–H and O–H groups in total. The second-order valence-corrected chi connectivity index (χ2v) is 4.30. The number of anilines is 1. The minimum absolute atomic E-state index is 0.575. The number of hydrogen-bond donors (Lipinski definition) is 1. The third-order valence-corrected chi connectivity index (χ3v) is 2.97. The number of aromatic nitrogens is 2. The summed E-state index contributed by atoms with van der Waals surface area (Å²) in [5.74, 6) is 3.63. The molecule has 0 saturated carbocycles. The van der Waals surface area contributed by atoms with Gasteiger partial charge < -0.3 is 14.8 Å². The molecule has 0 spiro atoms. The van der Waals surface area contributed by atoms with E-state index in [0.29, 0.717) is 5.88 Å². The van der Waals surface area contributed by atoms with Crippen molar-refractivity contribution in [2.24, 2.45) is 0 Å². The van der Waals surface area contributed by atoms with Crippen molar-refractivity contribution in [2.75, 3.05) is 19.5 Å². The molecule has 0 bridgehead atoms. The molecular formula is C15H19N3O2. The van der Waals surface area contributed by atoms with Gasteiger partial charge in [0.25, 0.3) is 0 Å². The SMILES string of the molecule is CCc1nc(NC)c(C)c(Oc2ccc(OC)cc2)n1. The van der Waals surface area contributed by atoms with Crippen molar-refractivity contribution >= 4 is 5.82 Å². The highest BCUT2D eigenvalue weighted by atomic mass is 16.5. The number of aryl methyl sites for hydroxylation is 1. The Kier molecular flexibility index (Phi) is 4.40. The lowest BCUT2D eigenvalue weighted by atomic mass is 10.3. The minimum atomic E-state index is 0.575. The highest BCUT2D eigenvalue weighted by Gasteiger charge is 2.11. The molecule has 0 unspecified atom stereocenters. The minimum Gasteiger partial charge on any atom is -0.497 e. The topological polar surface area (TPSA) is 56.3 Å². The molecule has 0 aliphatic rings. The van der Waals surface area contributed by atoms with Crippen molar-refractivity contribution in [3.05, 3.63) is 35.7 Å². The van der Waals surface area contributed by atoms with Crippen LogP contribution in [0.15, 0.2) is 24.3 Å². The summed E-state index contributed by atoms with van der Waals surface area (Å²) in [4.78, 5) is 8.85. The Balaban J connectivity index is 2.31. The lowest BCUT2D eigenvalue weighted by Crippen LogP contribution is -2.04. The first-order chi connectivity index (χ1) is 9.67. The molecule has 0 aliphatic heterocycles. The quantitative estimate of drug-likeness (QED) is 0.906. The van der Waals surface area contributed by atoms with Crippen LogP contribution >= 0.6 is 0 Å². The van der Waals surface area contributed by atoms with Crippen molar-refractivity contribution in [1.82, 2.24) is 9.97 Å². The van der Waals surface area contributed by atoms with Crippen LogP contribution < -0.4 is 14.8 Å². The maximum absolute atomic E-state index is 5.85. The largest absolute Gasteiger partial charge is 0.497 e. The summed E-state index contributed by atoms with van der Waals surface area (Å²) in [5, 5.41) is 3.06. The van der Waals surface area contributed by atoms with Crippen molar-refractivity contribution in [3.8, 4) is 17.4 Å². The van der Waals surface area contributed by atoms with Gasteiger partial charge in [0.15, 0.2) is 0 Å². The van der Waals surface area contributed by atoms with E-state index in [1.165, 1.54) is 0 Å². The van der Waals surface area contributed by atoms with E-state index in [2.05, 4.69) is 15.3 Å². The Morgan fingerprint density at radius 3 is 2.30 bits per heavy atom. The van der Waals surface area contributed by atoms with Gasteiger partial charge in [0.1, 0.15) is 23.1 Å². The second kappa shape index (κ2) is 6.23. The van der Waals surface area contributed by atoms with Crippen LogP contribution in [0.2, 0.25) is 0 Å². The molecule has 5 nitrogen and oxygen atoms in total. The van der Waals surface area contributed by atoms with E-state index in [9.17, 15) is 0 Å². The predicted octanol–water partition coefficient (Wildman–Crippen LogP) is 3.19. The summed E-state index contributed by atoms with van der Waals surface area (Å²) in [7, 11) is 3.48. The summed E-state index contributed by atoms with van der Waals surface area (Å²) in [6.07, 6.45) is 0.758. The van der Waals surface area contributed by atoms with E-state index in [0.717, 1.165) is 35.1 Å². The van der Waals surface area contributed by atoms with Crippen LogP contribution in [-0.2, 0) is 6.42 Å². The molecule has 1 aromatic heterocycles. The van der Waals surface area contributed by atoms with Crippen LogP contribution in [0.1, 0.15) is 18.3 Å². The van der Waals surface area contributed by atoms with Gasteiger partial charge in [-0.1, -0.05) is 6.92 Å². The monoisotopic (exact) mass is 273 g/mol. The summed E-state index contributed by atoms with van der Waals surface area (Å²) in [6, 6.07) is 7.41. The highest BCUT2D eigenvalue weighted by molar-refractivity contribution is 5.49. The average Bonchev–Trinajstić information content (AvgIpc) is 2.50. The Hall–Kier alpha value is -2.30. The molecule has 106 valence electrons. The van der Waals surface area contributed by atoms with Crippen molar-refractivity contribution in [3.63, 3.8) is 0 Å². The third kappa shape index (κ3) is 2.99. The molecule has 1 heterocycles. The maximum Gasteiger partial charge on any atom is 0.227 e. The van der Waals surface area contributed by atoms with Gasteiger partial charge in [-0.2, -0.15) is 4.98 Å². The number of ether oxygens (including phenoxy) is 2. The van der Waals surface area contributed by atoms with E-state index in [4.69, 9.17) is 9.47 Å². The number of benzene rings is 1. The number of nitrogens with zero attached hydrogens (tertiary/aromatic N) is 2. The summed E-state index contributed by atoms with van der Waals surface area (Å²) in [5.41, 5.74) is 0.889. The second-order valence-electron chi connectivity index (χ2n) is 4.30. The van der Waals surface area contributed by atoms with Crippen molar-refractivity contribution < 1.29 is 9.47 Å². The Bertz CT molecular complexity index is 582. The molecule has 2 aromatic rings. The fraction of sp³-hybridized carbons (Fsp3) is 0.333. The molecule has 0 atom stereocenters. The summed E-state index contributed by atoms with van der Waals surface area (Å²) in [6.45, 7) is 3.95. The first kappa shape index (κ1) is 14.1. The van der Waals surface area contributed by atoms with Crippen molar-refractivity contribution in [2.45, 2.75) is 20.3 Å². The molecule has 2 rings (SSSR count). The first-order valence-electron chi connectivity index (χ1n) is 6.55. The normalized spacial score (nSPS) is 10.2. The van der Waals surface area contributed by atoms with Gasteiger partial charge in [0.2, 0.25) is 5.88 Å². The first-order valence-corrected chi connectivity index (χ1v) is 6.55. The zero-order valence-electron chi connectivity index (χ0n) is 12.2. The number of nitrogens with one attached hydrogen (secondary N) is 1. The van der Waals surface area contributed by atoms with Crippen molar-refractivity contribution in [1.29, 1.82) is 0 Å². The van der Waals surface area contributed by atoms with E-state index in [1.807, 2.05) is 45.2 Å². The van der Waals surface area contributed by atoms with E-state index < -0.39 is 0 Å². The standard InChI is InChI=1S/C15H19N3O2/c1-5-13-17-14(16-3)10(2)15(18-13)20-12-8-6-11(19-4)7-9-12/h6-9H,5H2,1-4H3,(H,16,17,18). The predicted molar refractivity (Wildman–Crippen MR) is 78.8 cm³/mol. The molecule has 1 aromatic carbocycles. The molecule has 5 heteroatoms. The molecule has 0 amide bonds. The fourth-order valence-electron chi connectivity index (χ4n) is 1.80. The van der Waals surface area contributed by atoms with Gasteiger partial charge in [0, 0.05) is 13.5 Å². The summed E-state index contributed by atoms with van der Waals surface area (Å²) < 4.78 is 11.0. The molecular weight excluding hydrogens is 254 g/mol. The zero-order valence-corrected chi connectivity index (χ0v) is 12.2. The van der Waals surface area contributed by atoms with Crippen LogP contribution in [0.25, 0.3) is 0 Å². The van der Waals surface area contributed by atoms with Crippen LogP contribution in [0, 0.1) is 6.92 Å². The van der Waals surface area contributed by atoms with Crippen LogP contribution in [-0.4, -0.2) is 24.1 Å². The average molecular weight is 273 g/mol. The van der Waals surface area contributed by atoms with Gasteiger partial charge in [-0.05, 0) is 31.2 Å². The maximum atomic E-state index is 5.85. The lowest BCUT2D eigenvalue weighted by Gasteiger charge is -2.12. The Labute approximate surface area is 119 Å². The van der Waals surface area contributed by atoms with E-state index in [1.54, 1.807) is 7.11 Å². The van der Waals surface area contributed by atoms with Crippen LogP contribution in [0.5, 0.6) is 17.4 Å². The molecule has 0 radical (unpaired) electrons. The highest BCUT2D eigenvalue weighted by Crippen LogP contribution is 2.28. The van der Waals surface area contributed by atoms with Gasteiger partial charge in [-0.25, -0.2) is 4.98 Å². The third-order valence-electron chi connectivity index (χ3n) is 2.97. The van der Waals surface area contributed by atoms with Crippen LogP contribution in [0.3, 0.4) is 0 Å². The van der Waals surface area contributed by atoms with Gasteiger partial charge in [-0.3, -0.25) is 0 Å². The smallest absolute Gasteiger partial charge is 0.227 e. The van der Waals surface area contributed by atoms with Gasteiger partial charge in [0.05, 0.1) is 12.7 Å². The molecule has 0 aliphatic carbocycles. The van der Waals surface area contributed by atoms with Gasteiger partial charge >= 0.3 is 0 Å². The molecule has 20 heavy (non-hydrogen) atoms. The Morgan fingerprint density at radius 2 is 1.75 bits per heavy atom. The number of methoxy groups -OCH3 is 1. The fourth-order valence-corrected chi connectivity index (χ4v) is 1.80. The number of hydrogen-bond acceptors (Lipinski definition) is 5. The summed E-state index contributed by atoms with van der Waals surface area (Å²) >= 11 is 0. The molecule has 0 saturated heterocycles. The Morgan fingerprint density at radius 1 is 1.10 bits per heavy atom. The zero-order chi connectivity index (χ0) is 14.5.